The van der Waals surface area contributed by atoms with Gasteiger partial charge in [-0.1, -0.05) is 71.7 Å². The van der Waals surface area contributed by atoms with Crippen LogP contribution in [0.2, 0.25) is 10.0 Å². The molecule has 5 rings (SSSR count). The van der Waals surface area contributed by atoms with Crippen LogP contribution in [0.1, 0.15) is 35.4 Å². The summed E-state index contributed by atoms with van der Waals surface area (Å²) in [5.41, 5.74) is 2.63. The zero-order valence-corrected chi connectivity index (χ0v) is 25.9. The summed E-state index contributed by atoms with van der Waals surface area (Å²) in [7, 11) is 0. The number of nitrogens with zero attached hydrogens (tertiary/aromatic N) is 1. The summed E-state index contributed by atoms with van der Waals surface area (Å²) in [6.45, 7) is 3.90. The number of allylic oxidation sites excluding steroid dienone is 1. The third kappa shape index (κ3) is 7.93. The first-order valence-corrected chi connectivity index (χ1v) is 15.3. The van der Waals surface area contributed by atoms with Crippen LogP contribution in [-0.2, 0) is 32.1 Å². The van der Waals surface area contributed by atoms with Crippen molar-refractivity contribution in [2.75, 3.05) is 31.6 Å². The van der Waals surface area contributed by atoms with Crippen molar-refractivity contribution in [1.82, 2.24) is 10.2 Å². The number of aryl methyl sites for hydroxylation is 1. The van der Waals surface area contributed by atoms with E-state index in [2.05, 4.69) is 15.5 Å². The number of anilines is 1. The summed E-state index contributed by atoms with van der Waals surface area (Å²) in [5.74, 6) is -4.50. The van der Waals surface area contributed by atoms with Crippen molar-refractivity contribution in [3.63, 3.8) is 0 Å². The Morgan fingerprint density at radius 3 is 2.04 bits per heavy atom. The molecular formula is C34H33Cl2N3O6. The molecule has 0 saturated carbocycles. The molecule has 11 heteroatoms. The van der Waals surface area contributed by atoms with Gasteiger partial charge in [0.2, 0.25) is 5.91 Å². The number of hydrogen-bond donors (Lipinski definition) is 4. The number of hydrogen-bond acceptors (Lipinski definition) is 6. The maximum Gasteiger partial charge on any atom is 0.334 e. The SMILES string of the molecule is O=C(CC1=C(C(=O)O)C(c2c(Cl)cccc2Cl)C(C(=O)O)=C(CCc2ccccc2)N1)Nc1ccc(CN2CCOCC2)cc1. The number of ether oxygens (including phenoxy) is 1. The number of dihydropyridines is 1. The van der Waals surface area contributed by atoms with Crippen LogP contribution in [0.15, 0.2) is 95.3 Å². The van der Waals surface area contributed by atoms with E-state index in [-0.39, 0.29) is 51.0 Å². The number of amides is 1. The highest BCUT2D eigenvalue weighted by Gasteiger charge is 2.40. The first-order chi connectivity index (χ1) is 21.7. The number of aliphatic carboxylic acids is 2. The second-order valence-electron chi connectivity index (χ2n) is 10.9. The second kappa shape index (κ2) is 14.8. The molecule has 1 fully saturated rings. The first-order valence-electron chi connectivity index (χ1n) is 14.6. The summed E-state index contributed by atoms with van der Waals surface area (Å²) in [6.07, 6.45) is 0.367. The van der Waals surface area contributed by atoms with Crippen LogP contribution < -0.4 is 10.6 Å². The highest BCUT2D eigenvalue weighted by molar-refractivity contribution is 6.36. The van der Waals surface area contributed by atoms with Gasteiger partial charge in [0.05, 0.1) is 36.7 Å². The molecule has 0 spiro atoms. The fourth-order valence-corrected chi connectivity index (χ4v) is 6.33. The molecule has 1 unspecified atom stereocenters. The monoisotopic (exact) mass is 649 g/mol. The molecule has 0 radical (unpaired) electrons. The van der Waals surface area contributed by atoms with Gasteiger partial charge in [-0.3, -0.25) is 9.69 Å². The number of carboxylic acids is 2. The minimum Gasteiger partial charge on any atom is -0.478 e. The fourth-order valence-electron chi connectivity index (χ4n) is 5.72. The van der Waals surface area contributed by atoms with Crippen LogP contribution in [0.25, 0.3) is 0 Å². The highest BCUT2D eigenvalue weighted by Crippen LogP contribution is 2.45. The van der Waals surface area contributed by atoms with Gasteiger partial charge in [0, 0.05) is 52.3 Å². The molecule has 9 nitrogen and oxygen atoms in total. The summed E-state index contributed by atoms with van der Waals surface area (Å²) in [6, 6.07) is 21.6. The lowest BCUT2D eigenvalue weighted by molar-refractivity contribution is -0.133. The van der Waals surface area contributed by atoms with Crippen LogP contribution in [0.5, 0.6) is 0 Å². The number of carboxylic acid groups (broad SMARTS) is 2. The minimum atomic E-state index is -1.39. The molecule has 4 N–H and O–H groups in total. The van der Waals surface area contributed by atoms with Gasteiger partial charge in [0.15, 0.2) is 0 Å². The lowest BCUT2D eigenvalue weighted by atomic mass is 9.78. The Labute approximate surface area is 271 Å². The van der Waals surface area contributed by atoms with Gasteiger partial charge in [-0.25, -0.2) is 9.59 Å². The summed E-state index contributed by atoms with van der Waals surface area (Å²) >= 11 is 13.1. The van der Waals surface area contributed by atoms with Crippen molar-refractivity contribution in [3.05, 3.63) is 122 Å². The Morgan fingerprint density at radius 2 is 1.42 bits per heavy atom. The number of carbonyl (C=O) groups excluding carboxylic acids is 1. The first kappa shape index (κ1) is 32.2. The molecule has 0 aliphatic carbocycles. The van der Waals surface area contributed by atoms with Gasteiger partial charge < -0.3 is 25.6 Å². The number of halogens is 2. The molecule has 1 amide bonds. The molecule has 2 heterocycles. The van der Waals surface area contributed by atoms with E-state index >= 15 is 0 Å². The van der Waals surface area contributed by atoms with E-state index in [0.29, 0.717) is 25.3 Å². The number of morpholine rings is 1. The number of carbonyl (C=O) groups is 3. The average Bonchev–Trinajstić information content (AvgIpc) is 3.01. The van der Waals surface area contributed by atoms with Gasteiger partial charge >= 0.3 is 11.9 Å². The molecule has 0 aromatic heterocycles. The van der Waals surface area contributed by atoms with E-state index < -0.39 is 23.8 Å². The molecule has 234 valence electrons. The van der Waals surface area contributed by atoms with Gasteiger partial charge in [-0.15, -0.1) is 0 Å². The number of benzene rings is 3. The van der Waals surface area contributed by atoms with Gasteiger partial charge in [0.25, 0.3) is 0 Å². The Balaban J connectivity index is 1.45. The Hall–Kier alpha value is -4.15. The van der Waals surface area contributed by atoms with Gasteiger partial charge in [0.1, 0.15) is 0 Å². The minimum absolute atomic E-state index is 0.0676. The lowest BCUT2D eigenvalue weighted by Gasteiger charge is -2.32. The van der Waals surface area contributed by atoms with Gasteiger partial charge in [-0.05, 0) is 48.2 Å². The fraction of sp³-hybridized carbons (Fsp3) is 0.265. The zero-order chi connectivity index (χ0) is 31.9. The van der Waals surface area contributed by atoms with E-state index in [0.717, 1.165) is 30.8 Å². The third-order valence-corrected chi connectivity index (χ3v) is 8.53. The molecular weight excluding hydrogens is 617 g/mol. The van der Waals surface area contributed by atoms with Gasteiger partial charge in [-0.2, -0.15) is 0 Å². The van der Waals surface area contributed by atoms with E-state index in [4.69, 9.17) is 27.9 Å². The van der Waals surface area contributed by atoms with E-state index in [1.165, 1.54) is 12.1 Å². The topological polar surface area (TPSA) is 128 Å². The van der Waals surface area contributed by atoms with Crippen molar-refractivity contribution >= 4 is 46.7 Å². The lowest BCUT2D eigenvalue weighted by Crippen LogP contribution is -2.35. The molecule has 2 aliphatic heterocycles. The van der Waals surface area contributed by atoms with Crippen molar-refractivity contribution in [2.24, 2.45) is 0 Å². The summed E-state index contributed by atoms with van der Waals surface area (Å²) in [5, 5.41) is 27.0. The largest absolute Gasteiger partial charge is 0.478 e. The van der Waals surface area contributed by atoms with Crippen molar-refractivity contribution in [1.29, 1.82) is 0 Å². The van der Waals surface area contributed by atoms with E-state index in [1.807, 2.05) is 42.5 Å². The van der Waals surface area contributed by atoms with E-state index in [9.17, 15) is 24.6 Å². The third-order valence-electron chi connectivity index (χ3n) is 7.87. The number of rotatable bonds is 11. The summed E-state index contributed by atoms with van der Waals surface area (Å²) < 4.78 is 5.41. The molecule has 0 bridgehead atoms. The maximum atomic E-state index is 13.3. The van der Waals surface area contributed by atoms with Crippen LogP contribution in [0, 0.1) is 0 Å². The Bertz CT molecular complexity index is 1610. The number of nitrogens with one attached hydrogen (secondary N) is 2. The predicted molar refractivity (Wildman–Crippen MR) is 172 cm³/mol. The van der Waals surface area contributed by atoms with Crippen molar-refractivity contribution in [2.45, 2.75) is 31.7 Å². The molecule has 3 aromatic carbocycles. The standard InChI is InChI=1S/C34H33Cl2N3O6/c35-24-7-4-8-25(36)29(24)32-30(33(41)42)26(14-11-21-5-2-1-3-6-21)38-27(31(32)34(43)44)19-28(40)37-23-12-9-22(10-13-23)20-39-15-17-45-18-16-39/h1-10,12-13,32,38H,11,14-20H2,(H,37,40)(H,41,42)(H,43,44). The van der Waals surface area contributed by atoms with Crippen LogP contribution in [-0.4, -0.2) is 59.3 Å². The Morgan fingerprint density at radius 1 is 0.800 bits per heavy atom. The molecule has 1 atom stereocenters. The summed E-state index contributed by atoms with van der Waals surface area (Å²) in [4.78, 5) is 41.2. The normalized spacial score (nSPS) is 17.2. The molecule has 3 aromatic rings. The molecule has 1 saturated heterocycles. The average molecular weight is 651 g/mol. The predicted octanol–water partition coefficient (Wildman–Crippen LogP) is 5.85. The highest BCUT2D eigenvalue weighted by atomic mass is 35.5. The van der Waals surface area contributed by atoms with E-state index in [1.54, 1.807) is 18.2 Å². The second-order valence-corrected chi connectivity index (χ2v) is 11.7. The van der Waals surface area contributed by atoms with Crippen LogP contribution in [0.4, 0.5) is 5.69 Å². The zero-order valence-electron chi connectivity index (χ0n) is 24.4. The quantitative estimate of drug-likeness (QED) is 0.204. The Kier molecular flexibility index (Phi) is 10.6. The van der Waals surface area contributed by atoms with Crippen LogP contribution >= 0.6 is 23.2 Å². The van der Waals surface area contributed by atoms with Crippen molar-refractivity contribution in [3.8, 4) is 0 Å². The maximum absolute atomic E-state index is 13.3. The van der Waals surface area contributed by atoms with Crippen molar-refractivity contribution < 1.29 is 29.3 Å². The smallest absolute Gasteiger partial charge is 0.334 e. The van der Waals surface area contributed by atoms with Crippen LogP contribution in [0.3, 0.4) is 0 Å². The molecule has 2 aliphatic rings. The molecule has 45 heavy (non-hydrogen) atoms.